The highest BCUT2D eigenvalue weighted by molar-refractivity contribution is 5.73. The highest BCUT2D eigenvalue weighted by atomic mass is 16.6. The number of benzene rings is 1. The Kier molecular flexibility index (Phi) is 5.56. The van der Waals surface area contributed by atoms with E-state index >= 15 is 0 Å². The molecule has 1 amide bonds. The SMILES string of the molecule is CC(=O)OC1CC(C(=O)O)CN(C(=O)OCc2ccccc2)C1. The van der Waals surface area contributed by atoms with E-state index in [9.17, 15) is 19.5 Å². The van der Waals surface area contributed by atoms with Crippen LogP contribution in [0.5, 0.6) is 0 Å². The molecule has 2 rings (SSSR count). The van der Waals surface area contributed by atoms with Crippen LogP contribution >= 0.6 is 0 Å². The van der Waals surface area contributed by atoms with Gasteiger partial charge in [-0.2, -0.15) is 0 Å². The number of ether oxygens (including phenoxy) is 2. The Morgan fingerprint density at radius 2 is 1.91 bits per heavy atom. The predicted octanol–water partition coefficient (Wildman–Crippen LogP) is 1.66. The summed E-state index contributed by atoms with van der Waals surface area (Å²) in [7, 11) is 0. The second-order valence-electron chi connectivity index (χ2n) is 5.45. The van der Waals surface area contributed by atoms with Gasteiger partial charge in [-0.3, -0.25) is 9.59 Å². The highest BCUT2D eigenvalue weighted by Gasteiger charge is 2.36. The molecule has 0 radical (unpaired) electrons. The zero-order chi connectivity index (χ0) is 16.8. The summed E-state index contributed by atoms with van der Waals surface area (Å²) >= 11 is 0. The Balaban J connectivity index is 1.96. The Bertz CT molecular complexity index is 573. The minimum absolute atomic E-state index is 0.0424. The van der Waals surface area contributed by atoms with Crippen molar-refractivity contribution in [2.45, 2.75) is 26.1 Å². The van der Waals surface area contributed by atoms with Crippen molar-refractivity contribution in [2.24, 2.45) is 5.92 Å². The van der Waals surface area contributed by atoms with Crippen LogP contribution in [-0.2, 0) is 25.7 Å². The lowest BCUT2D eigenvalue weighted by Gasteiger charge is -2.34. The normalized spacial score (nSPS) is 20.7. The number of nitrogens with zero attached hydrogens (tertiary/aromatic N) is 1. The zero-order valence-corrected chi connectivity index (χ0v) is 12.8. The molecule has 7 heteroatoms. The van der Waals surface area contributed by atoms with E-state index in [2.05, 4.69) is 0 Å². The number of likely N-dealkylation sites (tertiary alicyclic amines) is 1. The molecular formula is C16H19NO6. The molecule has 1 aliphatic heterocycles. The van der Waals surface area contributed by atoms with Crippen LogP contribution in [0.2, 0.25) is 0 Å². The van der Waals surface area contributed by atoms with Gasteiger partial charge in [0.05, 0.1) is 12.5 Å². The van der Waals surface area contributed by atoms with Crippen molar-refractivity contribution in [2.75, 3.05) is 13.1 Å². The maximum atomic E-state index is 12.1. The number of carboxylic acids is 1. The second-order valence-corrected chi connectivity index (χ2v) is 5.45. The van der Waals surface area contributed by atoms with Crippen molar-refractivity contribution in [3.05, 3.63) is 35.9 Å². The molecule has 1 saturated heterocycles. The minimum Gasteiger partial charge on any atom is -0.481 e. The fourth-order valence-corrected chi connectivity index (χ4v) is 2.51. The second kappa shape index (κ2) is 7.62. The first-order chi connectivity index (χ1) is 11.0. The van der Waals surface area contributed by atoms with Gasteiger partial charge >= 0.3 is 18.0 Å². The van der Waals surface area contributed by atoms with Crippen molar-refractivity contribution in [3.8, 4) is 0 Å². The van der Waals surface area contributed by atoms with Crippen LogP contribution in [-0.4, -0.2) is 47.2 Å². The average molecular weight is 321 g/mol. The van der Waals surface area contributed by atoms with E-state index in [1.807, 2.05) is 30.3 Å². The molecule has 1 N–H and O–H groups in total. The zero-order valence-electron chi connectivity index (χ0n) is 12.8. The van der Waals surface area contributed by atoms with E-state index in [1.165, 1.54) is 11.8 Å². The van der Waals surface area contributed by atoms with Crippen molar-refractivity contribution >= 4 is 18.0 Å². The quantitative estimate of drug-likeness (QED) is 0.848. The lowest BCUT2D eigenvalue weighted by Crippen LogP contribution is -2.49. The summed E-state index contributed by atoms with van der Waals surface area (Å²) in [6.07, 6.45) is -1.05. The molecule has 0 saturated carbocycles. The van der Waals surface area contributed by atoms with Gasteiger partial charge in [0, 0.05) is 19.9 Å². The number of esters is 1. The monoisotopic (exact) mass is 321 g/mol. The van der Waals surface area contributed by atoms with Crippen LogP contribution in [0.25, 0.3) is 0 Å². The van der Waals surface area contributed by atoms with E-state index in [0.29, 0.717) is 0 Å². The standard InChI is InChI=1S/C16H19NO6/c1-11(18)23-14-7-13(15(19)20)8-17(9-14)16(21)22-10-12-5-3-2-4-6-12/h2-6,13-14H,7-10H2,1H3,(H,19,20). The van der Waals surface area contributed by atoms with Gasteiger partial charge in [0.1, 0.15) is 12.7 Å². The average Bonchev–Trinajstić information content (AvgIpc) is 2.52. The molecule has 2 atom stereocenters. The van der Waals surface area contributed by atoms with Gasteiger partial charge in [0.15, 0.2) is 0 Å². The van der Waals surface area contributed by atoms with E-state index in [1.54, 1.807) is 0 Å². The first-order valence-electron chi connectivity index (χ1n) is 7.31. The summed E-state index contributed by atoms with van der Waals surface area (Å²) in [5.74, 6) is -2.31. The van der Waals surface area contributed by atoms with Gasteiger partial charge in [-0.1, -0.05) is 30.3 Å². The van der Waals surface area contributed by atoms with Crippen molar-refractivity contribution in [1.29, 1.82) is 0 Å². The molecule has 0 spiro atoms. The lowest BCUT2D eigenvalue weighted by molar-refractivity contribution is -0.155. The number of carbonyl (C=O) groups is 3. The summed E-state index contributed by atoms with van der Waals surface area (Å²) < 4.78 is 10.3. The van der Waals surface area contributed by atoms with Gasteiger partial charge in [-0.05, 0) is 5.56 Å². The number of rotatable bonds is 4. The van der Waals surface area contributed by atoms with E-state index in [-0.39, 0.29) is 26.1 Å². The van der Waals surface area contributed by atoms with Crippen LogP contribution in [0.1, 0.15) is 18.9 Å². The lowest BCUT2D eigenvalue weighted by atomic mass is 9.96. The topological polar surface area (TPSA) is 93.1 Å². The van der Waals surface area contributed by atoms with Gasteiger partial charge in [-0.25, -0.2) is 4.79 Å². The fourth-order valence-electron chi connectivity index (χ4n) is 2.51. The summed E-state index contributed by atoms with van der Waals surface area (Å²) in [6, 6.07) is 9.18. The summed E-state index contributed by atoms with van der Waals surface area (Å²) in [5.41, 5.74) is 0.837. The predicted molar refractivity (Wildman–Crippen MR) is 79.5 cm³/mol. The molecule has 0 aliphatic carbocycles. The third-order valence-corrected chi connectivity index (χ3v) is 3.56. The summed E-state index contributed by atoms with van der Waals surface area (Å²) in [6.45, 7) is 1.53. The minimum atomic E-state index is -1.03. The molecule has 1 fully saturated rings. The smallest absolute Gasteiger partial charge is 0.410 e. The molecule has 1 aliphatic rings. The Hall–Kier alpha value is -2.57. The summed E-state index contributed by atoms with van der Waals surface area (Å²) in [4.78, 5) is 35.7. The maximum Gasteiger partial charge on any atom is 0.410 e. The van der Waals surface area contributed by atoms with Gasteiger partial charge in [0.2, 0.25) is 0 Å². The van der Waals surface area contributed by atoms with Gasteiger partial charge in [-0.15, -0.1) is 0 Å². The van der Waals surface area contributed by atoms with Crippen molar-refractivity contribution in [1.82, 2.24) is 4.90 Å². The number of aliphatic carboxylic acids is 1. The van der Waals surface area contributed by atoms with E-state index < -0.39 is 30.1 Å². The first kappa shape index (κ1) is 16.8. The Labute approximate surface area is 133 Å². The van der Waals surface area contributed by atoms with Crippen LogP contribution in [0.3, 0.4) is 0 Å². The molecular weight excluding hydrogens is 302 g/mol. The van der Waals surface area contributed by atoms with Crippen LogP contribution in [0.15, 0.2) is 30.3 Å². The van der Waals surface area contributed by atoms with Crippen molar-refractivity contribution < 1.29 is 29.0 Å². The third kappa shape index (κ3) is 4.98. The van der Waals surface area contributed by atoms with Crippen LogP contribution < -0.4 is 0 Å². The molecule has 0 bridgehead atoms. The third-order valence-electron chi connectivity index (χ3n) is 3.56. The van der Waals surface area contributed by atoms with E-state index in [4.69, 9.17) is 9.47 Å². The fraction of sp³-hybridized carbons (Fsp3) is 0.438. The molecule has 23 heavy (non-hydrogen) atoms. The number of piperidine rings is 1. The molecule has 2 unspecified atom stereocenters. The molecule has 1 heterocycles. The number of amides is 1. The number of carbonyl (C=O) groups excluding carboxylic acids is 2. The van der Waals surface area contributed by atoms with Gasteiger partial charge < -0.3 is 19.5 Å². The Morgan fingerprint density at radius 3 is 2.52 bits per heavy atom. The molecule has 124 valence electrons. The van der Waals surface area contributed by atoms with Crippen LogP contribution in [0.4, 0.5) is 4.79 Å². The van der Waals surface area contributed by atoms with Crippen molar-refractivity contribution in [3.63, 3.8) is 0 Å². The number of carboxylic acid groups (broad SMARTS) is 1. The van der Waals surface area contributed by atoms with E-state index in [0.717, 1.165) is 5.56 Å². The Morgan fingerprint density at radius 1 is 1.22 bits per heavy atom. The maximum absolute atomic E-state index is 12.1. The first-order valence-corrected chi connectivity index (χ1v) is 7.31. The van der Waals surface area contributed by atoms with Gasteiger partial charge in [0.25, 0.3) is 0 Å². The number of hydrogen-bond acceptors (Lipinski definition) is 5. The molecule has 1 aromatic carbocycles. The summed E-state index contributed by atoms with van der Waals surface area (Å²) in [5, 5.41) is 9.18. The highest BCUT2D eigenvalue weighted by Crippen LogP contribution is 2.21. The number of hydrogen-bond donors (Lipinski definition) is 1. The molecule has 7 nitrogen and oxygen atoms in total. The largest absolute Gasteiger partial charge is 0.481 e. The van der Waals surface area contributed by atoms with Crippen LogP contribution in [0, 0.1) is 5.92 Å². The molecule has 1 aromatic rings. The molecule has 0 aromatic heterocycles.